The third-order valence-corrected chi connectivity index (χ3v) is 5.66. The molecule has 2 saturated heterocycles. The molecule has 2 aliphatic heterocycles. The van der Waals surface area contributed by atoms with Crippen molar-refractivity contribution in [2.45, 2.75) is 31.6 Å². The lowest BCUT2D eigenvalue weighted by molar-refractivity contribution is -0.135. The van der Waals surface area contributed by atoms with Crippen LogP contribution in [0.5, 0.6) is 0 Å². The summed E-state index contributed by atoms with van der Waals surface area (Å²) < 4.78 is 0. The molecule has 1 N–H and O–H groups in total. The fourth-order valence-corrected chi connectivity index (χ4v) is 3.78. The lowest BCUT2D eigenvalue weighted by Gasteiger charge is -2.40. The van der Waals surface area contributed by atoms with E-state index in [9.17, 15) is 9.59 Å². The highest BCUT2D eigenvalue weighted by Crippen LogP contribution is 2.29. The first-order valence-corrected chi connectivity index (χ1v) is 9.97. The van der Waals surface area contributed by atoms with Crippen molar-refractivity contribution in [1.82, 2.24) is 14.8 Å². The number of carbonyl (C=O) groups excluding carboxylic acids is 2. The van der Waals surface area contributed by atoms with Gasteiger partial charge in [-0.05, 0) is 35.7 Å². The normalized spacial score (nSPS) is 17.0. The summed E-state index contributed by atoms with van der Waals surface area (Å²) in [6.45, 7) is 5.07. The van der Waals surface area contributed by atoms with Gasteiger partial charge in [0.15, 0.2) is 0 Å². The first-order chi connectivity index (χ1) is 13.6. The molecule has 0 atom stereocenters. The van der Waals surface area contributed by atoms with E-state index < -0.39 is 0 Å². The summed E-state index contributed by atoms with van der Waals surface area (Å²) >= 11 is 0. The number of rotatable bonds is 5. The smallest absolute Gasteiger partial charge is 0.321 e. The van der Waals surface area contributed by atoms with E-state index in [0.717, 1.165) is 38.3 Å². The molecule has 0 spiro atoms. The van der Waals surface area contributed by atoms with Gasteiger partial charge < -0.3 is 15.1 Å². The van der Waals surface area contributed by atoms with Crippen LogP contribution in [0.4, 0.5) is 10.5 Å². The largest absolute Gasteiger partial charge is 0.341 e. The van der Waals surface area contributed by atoms with Crippen molar-refractivity contribution in [3.63, 3.8) is 0 Å². The number of benzene rings is 1. The van der Waals surface area contributed by atoms with Crippen LogP contribution in [0.25, 0.3) is 0 Å². The molecule has 4 rings (SSSR count). The molecule has 0 unspecified atom stereocenters. The first kappa shape index (κ1) is 18.5. The predicted molar refractivity (Wildman–Crippen MR) is 108 cm³/mol. The Kier molecular flexibility index (Phi) is 5.28. The summed E-state index contributed by atoms with van der Waals surface area (Å²) in [7, 11) is 0. The minimum Gasteiger partial charge on any atom is -0.341 e. The number of aromatic nitrogens is 1. The Morgan fingerprint density at radius 1 is 1.00 bits per heavy atom. The second-order valence-corrected chi connectivity index (χ2v) is 7.69. The van der Waals surface area contributed by atoms with Crippen LogP contribution in [-0.2, 0) is 4.79 Å². The van der Waals surface area contributed by atoms with Gasteiger partial charge in [-0.3, -0.25) is 9.78 Å². The summed E-state index contributed by atoms with van der Waals surface area (Å²) in [5.74, 6) is 1.03. The number of anilines is 1. The summed E-state index contributed by atoms with van der Waals surface area (Å²) in [6, 6.07) is 11.9. The second-order valence-electron chi connectivity index (χ2n) is 7.69. The molecule has 0 radical (unpaired) electrons. The summed E-state index contributed by atoms with van der Waals surface area (Å²) in [5, 5.41) is 2.97. The van der Waals surface area contributed by atoms with Gasteiger partial charge in [0, 0.05) is 62.5 Å². The first-order valence-electron chi connectivity index (χ1n) is 9.97. The van der Waals surface area contributed by atoms with Gasteiger partial charge >= 0.3 is 6.03 Å². The van der Waals surface area contributed by atoms with Crippen LogP contribution in [0.1, 0.15) is 42.7 Å². The molecule has 1 aromatic heterocycles. The summed E-state index contributed by atoms with van der Waals surface area (Å²) in [6.07, 6.45) is 5.17. The highest BCUT2D eigenvalue weighted by molar-refractivity contribution is 5.90. The average molecular weight is 378 g/mol. The number of likely N-dealkylation sites (tertiary alicyclic amines) is 2. The van der Waals surface area contributed by atoms with Crippen LogP contribution < -0.4 is 5.32 Å². The Morgan fingerprint density at radius 3 is 2.32 bits per heavy atom. The zero-order valence-electron chi connectivity index (χ0n) is 16.2. The molecule has 6 nitrogen and oxygen atoms in total. The second kappa shape index (κ2) is 8.00. The molecular formula is C22H26N4O2. The molecule has 0 aliphatic carbocycles. The number of carbonyl (C=O) groups is 2. The SMILES string of the molecule is CCCC(=O)N1CC(c2ccc(NC(=O)N3CC(c4cccnc4)C3)cc2)C1. The van der Waals surface area contributed by atoms with Gasteiger partial charge in [-0.2, -0.15) is 0 Å². The molecule has 0 bridgehead atoms. The van der Waals surface area contributed by atoms with E-state index in [1.807, 2.05) is 41.1 Å². The predicted octanol–water partition coefficient (Wildman–Crippen LogP) is 3.44. The zero-order valence-corrected chi connectivity index (χ0v) is 16.2. The molecule has 0 saturated carbocycles. The van der Waals surface area contributed by atoms with Gasteiger partial charge in [-0.25, -0.2) is 4.79 Å². The van der Waals surface area contributed by atoms with E-state index in [4.69, 9.17) is 0 Å². The van der Waals surface area contributed by atoms with E-state index in [2.05, 4.69) is 28.5 Å². The van der Waals surface area contributed by atoms with Crippen molar-refractivity contribution in [1.29, 1.82) is 0 Å². The fourth-order valence-electron chi connectivity index (χ4n) is 3.78. The fraction of sp³-hybridized carbons (Fsp3) is 0.409. The highest BCUT2D eigenvalue weighted by atomic mass is 16.2. The topological polar surface area (TPSA) is 65.5 Å². The van der Waals surface area contributed by atoms with Crippen LogP contribution in [0.2, 0.25) is 0 Å². The van der Waals surface area contributed by atoms with E-state index in [-0.39, 0.29) is 11.9 Å². The maximum absolute atomic E-state index is 12.4. The number of pyridine rings is 1. The molecule has 3 heterocycles. The summed E-state index contributed by atoms with van der Waals surface area (Å²) in [5.41, 5.74) is 3.21. The van der Waals surface area contributed by atoms with Crippen molar-refractivity contribution >= 4 is 17.6 Å². The van der Waals surface area contributed by atoms with Crippen molar-refractivity contribution in [2.24, 2.45) is 0 Å². The van der Waals surface area contributed by atoms with Crippen LogP contribution >= 0.6 is 0 Å². The standard InChI is InChI=1S/C22H26N4O2/c1-2-4-21(27)25-12-18(13-25)16-6-8-20(9-7-16)24-22(28)26-14-19(15-26)17-5-3-10-23-11-17/h3,5-11,18-19H,2,4,12-15H2,1H3,(H,24,28). The van der Waals surface area contributed by atoms with Crippen molar-refractivity contribution in [3.05, 3.63) is 59.9 Å². The maximum atomic E-state index is 12.4. The van der Waals surface area contributed by atoms with E-state index in [1.54, 1.807) is 6.20 Å². The average Bonchev–Trinajstić information content (AvgIpc) is 2.62. The van der Waals surface area contributed by atoms with Crippen LogP contribution in [0, 0.1) is 0 Å². The van der Waals surface area contributed by atoms with E-state index in [1.165, 1.54) is 11.1 Å². The van der Waals surface area contributed by atoms with Crippen LogP contribution in [0.15, 0.2) is 48.8 Å². The number of nitrogens with zero attached hydrogens (tertiary/aromatic N) is 3. The number of hydrogen-bond acceptors (Lipinski definition) is 3. The molecular weight excluding hydrogens is 352 g/mol. The third-order valence-electron chi connectivity index (χ3n) is 5.66. The van der Waals surface area contributed by atoms with Gasteiger partial charge in [0.25, 0.3) is 0 Å². The number of urea groups is 1. The summed E-state index contributed by atoms with van der Waals surface area (Å²) in [4.78, 5) is 32.1. The van der Waals surface area contributed by atoms with Crippen LogP contribution in [-0.4, -0.2) is 52.9 Å². The van der Waals surface area contributed by atoms with Crippen molar-refractivity contribution in [2.75, 3.05) is 31.5 Å². The van der Waals surface area contributed by atoms with Crippen molar-refractivity contribution < 1.29 is 9.59 Å². The monoisotopic (exact) mass is 378 g/mol. The minimum absolute atomic E-state index is 0.0622. The Bertz CT molecular complexity index is 825. The molecule has 2 aliphatic rings. The Labute approximate surface area is 165 Å². The molecule has 3 amide bonds. The van der Waals surface area contributed by atoms with Crippen molar-refractivity contribution in [3.8, 4) is 0 Å². The Balaban J connectivity index is 1.24. The van der Waals surface area contributed by atoms with Gasteiger partial charge in [0.05, 0.1) is 0 Å². The molecule has 6 heteroatoms. The number of nitrogens with one attached hydrogen (secondary N) is 1. The molecule has 146 valence electrons. The van der Waals surface area contributed by atoms with Gasteiger partial charge in [0.1, 0.15) is 0 Å². The quantitative estimate of drug-likeness (QED) is 0.867. The van der Waals surface area contributed by atoms with E-state index in [0.29, 0.717) is 18.3 Å². The third kappa shape index (κ3) is 3.86. The maximum Gasteiger partial charge on any atom is 0.321 e. The van der Waals surface area contributed by atoms with Gasteiger partial charge in [-0.15, -0.1) is 0 Å². The highest BCUT2D eigenvalue weighted by Gasteiger charge is 2.32. The number of amides is 3. The van der Waals surface area contributed by atoms with Gasteiger partial charge in [-0.1, -0.05) is 25.1 Å². The van der Waals surface area contributed by atoms with Gasteiger partial charge in [0.2, 0.25) is 5.91 Å². The lowest BCUT2D eigenvalue weighted by Crippen LogP contribution is -2.50. The minimum atomic E-state index is -0.0622. The molecule has 28 heavy (non-hydrogen) atoms. The molecule has 2 fully saturated rings. The molecule has 1 aromatic carbocycles. The Morgan fingerprint density at radius 2 is 1.68 bits per heavy atom. The van der Waals surface area contributed by atoms with Crippen LogP contribution in [0.3, 0.4) is 0 Å². The zero-order chi connectivity index (χ0) is 19.5. The Hall–Kier alpha value is -2.89. The lowest BCUT2D eigenvalue weighted by atomic mass is 9.91. The van der Waals surface area contributed by atoms with E-state index >= 15 is 0 Å². The number of hydrogen-bond donors (Lipinski definition) is 1. The molecule has 2 aromatic rings.